The topological polar surface area (TPSA) is 44.8 Å². The smallest absolute Gasteiger partial charge is 0.338 e. The van der Waals surface area contributed by atoms with E-state index in [-0.39, 0.29) is 12.3 Å². The van der Waals surface area contributed by atoms with Crippen molar-refractivity contribution in [3.8, 4) is 5.75 Å². The highest BCUT2D eigenvalue weighted by molar-refractivity contribution is 5.89. The van der Waals surface area contributed by atoms with E-state index in [1.165, 1.54) is 0 Å². The fourth-order valence-corrected chi connectivity index (χ4v) is 1.24. The molecule has 0 aliphatic heterocycles. The Kier molecular flexibility index (Phi) is 5.65. The summed E-state index contributed by atoms with van der Waals surface area (Å²) in [5.41, 5.74) is 0.521. The number of hydrogen-bond acceptors (Lipinski definition) is 4. The zero-order valence-corrected chi connectivity index (χ0v) is 11.3. The lowest BCUT2D eigenvalue weighted by Crippen LogP contribution is -2.14. The van der Waals surface area contributed by atoms with E-state index in [0.29, 0.717) is 23.8 Å². The normalized spacial score (nSPS) is 12.3. The van der Waals surface area contributed by atoms with Gasteiger partial charge in [-0.1, -0.05) is 13.8 Å². The summed E-state index contributed by atoms with van der Waals surface area (Å²) in [4.78, 5) is 11.7. The lowest BCUT2D eigenvalue weighted by molar-refractivity contribution is -0.0382. The van der Waals surface area contributed by atoms with Crippen LogP contribution in [0.1, 0.15) is 31.1 Å². The highest BCUT2D eigenvalue weighted by atomic mass is 16.7. The molecule has 100 valence electrons. The first-order chi connectivity index (χ1) is 8.52. The molecule has 0 radical (unpaired) electrons. The Bertz CT molecular complexity index is 370. The third kappa shape index (κ3) is 4.75. The van der Waals surface area contributed by atoms with Crippen LogP contribution in [0.25, 0.3) is 0 Å². The van der Waals surface area contributed by atoms with Gasteiger partial charge in [0.05, 0.1) is 12.2 Å². The van der Waals surface area contributed by atoms with Gasteiger partial charge >= 0.3 is 5.97 Å². The van der Waals surface area contributed by atoms with Gasteiger partial charge in [0.1, 0.15) is 5.75 Å². The van der Waals surface area contributed by atoms with Crippen LogP contribution in [-0.4, -0.2) is 26.0 Å². The van der Waals surface area contributed by atoms with Crippen LogP contribution in [0.15, 0.2) is 24.3 Å². The molecule has 4 nitrogen and oxygen atoms in total. The summed E-state index contributed by atoms with van der Waals surface area (Å²) in [6, 6.07) is 6.81. The molecule has 1 rings (SSSR count). The van der Waals surface area contributed by atoms with Crippen molar-refractivity contribution in [2.24, 2.45) is 5.92 Å². The zero-order valence-electron chi connectivity index (χ0n) is 11.3. The maximum atomic E-state index is 11.7. The van der Waals surface area contributed by atoms with E-state index in [1.54, 1.807) is 38.3 Å². The summed E-state index contributed by atoms with van der Waals surface area (Å²) >= 11 is 0. The van der Waals surface area contributed by atoms with Crippen molar-refractivity contribution in [3.05, 3.63) is 29.8 Å². The van der Waals surface area contributed by atoms with E-state index in [9.17, 15) is 4.79 Å². The first-order valence-corrected chi connectivity index (χ1v) is 5.99. The van der Waals surface area contributed by atoms with E-state index in [0.717, 1.165) is 0 Å². The van der Waals surface area contributed by atoms with Gasteiger partial charge in [0.2, 0.25) is 0 Å². The van der Waals surface area contributed by atoms with E-state index < -0.39 is 0 Å². The molecule has 0 aromatic heterocycles. The van der Waals surface area contributed by atoms with Gasteiger partial charge in [-0.15, -0.1) is 0 Å². The second kappa shape index (κ2) is 7.01. The van der Waals surface area contributed by atoms with Crippen LogP contribution < -0.4 is 4.74 Å². The first-order valence-electron chi connectivity index (χ1n) is 5.99. The molecule has 18 heavy (non-hydrogen) atoms. The molecule has 0 bridgehead atoms. The minimum absolute atomic E-state index is 0.310. The van der Waals surface area contributed by atoms with Crippen molar-refractivity contribution < 1.29 is 19.0 Å². The summed E-state index contributed by atoms with van der Waals surface area (Å²) in [5.74, 6) is 0.680. The molecule has 1 unspecified atom stereocenters. The Labute approximate surface area is 108 Å². The molecule has 1 atom stereocenters. The standard InChI is InChI=1S/C14H20O4/c1-10(2)9-17-14(15)12-5-7-13(8-6-12)18-11(3)16-4/h5-8,10-11H,9H2,1-4H3. The SMILES string of the molecule is COC(C)Oc1ccc(C(=O)OCC(C)C)cc1. The Balaban J connectivity index is 2.56. The Morgan fingerprint density at radius 1 is 1.17 bits per heavy atom. The van der Waals surface area contributed by atoms with Crippen LogP contribution in [-0.2, 0) is 9.47 Å². The lowest BCUT2D eigenvalue weighted by atomic mass is 10.2. The van der Waals surface area contributed by atoms with Crippen molar-refractivity contribution in [3.63, 3.8) is 0 Å². The predicted molar refractivity (Wildman–Crippen MR) is 68.7 cm³/mol. The fraction of sp³-hybridized carbons (Fsp3) is 0.500. The highest BCUT2D eigenvalue weighted by Gasteiger charge is 2.08. The van der Waals surface area contributed by atoms with Crippen molar-refractivity contribution >= 4 is 5.97 Å². The van der Waals surface area contributed by atoms with Gasteiger partial charge in [-0.2, -0.15) is 0 Å². The van der Waals surface area contributed by atoms with Gasteiger partial charge in [0, 0.05) is 7.11 Å². The predicted octanol–water partition coefficient (Wildman–Crippen LogP) is 2.87. The highest BCUT2D eigenvalue weighted by Crippen LogP contribution is 2.15. The molecule has 0 saturated heterocycles. The van der Waals surface area contributed by atoms with Crippen LogP contribution in [0.2, 0.25) is 0 Å². The Hall–Kier alpha value is -1.55. The van der Waals surface area contributed by atoms with Crippen molar-refractivity contribution in [1.82, 2.24) is 0 Å². The zero-order chi connectivity index (χ0) is 13.5. The van der Waals surface area contributed by atoms with E-state index in [1.807, 2.05) is 13.8 Å². The fourth-order valence-electron chi connectivity index (χ4n) is 1.24. The van der Waals surface area contributed by atoms with Crippen molar-refractivity contribution in [2.75, 3.05) is 13.7 Å². The number of methoxy groups -OCH3 is 1. The quantitative estimate of drug-likeness (QED) is 0.577. The summed E-state index contributed by atoms with van der Waals surface area (Å²) in [6.07, 6.45) is -0.316. The number of esters is 1. The second-order valence-corrected chi connectivity index (χ2v) is 4.44. The van der Waals surface area contributed by atoms with Gasteiger partial charge < -0.3 is 14.2 Å². The van der Waals surface area contributed by atoms with E-state index in [2.05, 4.69) is 0 Å². The molecule has 0 saturated carbocycles. The van der Waals surface area contributed by atoms with Crippen molar-refractivity contribution in [1.29, 1.82) is 0 Å². The van der Waals surface area contributed by atoms with E-state index >= 15 is 0 Å². The largest absolute Gasteiger partial charge is 0.465 e. The molecule has 0 N–H and O–H groups in total. The average Bonchev–Trinajstić information content (AvgIpc) is 2.36. The van der Waals surface area contributed by atoms with Crippen LogP contribution in [0.5, 0.6) is 5.75 Å². The lowest BCUT2D eigenvalue weighted by Gasteiger charge is -2.12. The molecule has 0 fully saturated rings. The average molecular weight is 252 g/mol. The number of hydrogen-bond donors (Lipinski definition) is 0. The monoisotopic (exact) mass is 252 g/mol. The Morgan fingerprint density at radius 3 is 2.28 bits per heavy atom. The molecule has 1 aromatic carbocycles. The summed E-state index contributed by atoms with van der Waals surface area (Å²) < 4.78 is 15.5. The molecule has 0 spiro atoms. The third-order valence-electron chi connectivity index (χ3n) is 2.27. The third-order valence-corrected chi connectivity index (χ3v) is 2.27. The molecular weight excluding hydrogens is 232 g/mol. The van der Waals surface area contributed by atoms with Crippen LogP contribution in [0.4, 0.5) is 0 Å². The maximum Gasteiger partial charge on any atom is 0.338 e. The molecule has 0 amide bonds. The maximum absolute atomic E-state index is 11.7. The summed E-state index contributed by atoms with van der Waals surface area (Å²) in [6.45, 7) is 6.22. The molecule has 0 aliphatic carbocycles. The van der Waals surface area contributed by atoms with Crippen LogP contribution in [0, 0.1) is 5.92 Å². The van der Waals surface area contributed by atoms with Gasteiger partial charge in [-0.05, 0) is 37.1 Å². The molecule has 1 aromatic rings. The minimum Gasteiger partial charge on any atom is -0.465 e. The minimum atomic E-state index is -0.316. The second-order valence-electron chi connectivity index (χ2n) is 4.44. The number of ether oxygens (including phenoxy) is 3. The molecular formula is C14H20O4. The van der Waals surface area contributed by atoms with Crippen LogP contribution >= 0.6 is 0 Å². The van der Waals surface area contributed by atoms with Crippen LogP contribution in [0.3, 0.4) is 0 Å². The van der Waals surface area contributed by atoms with Gasteiger partial charge in [0.15, 0.2) is 6.29 Å². The van der Waals surface area contributed by atoms with E-state index in [4.69, 9.17) is 14.2 Å². The number of rotatable bonds is 6. The summed E-state index contributed by atoms with van der Waals surface area (Å²) in [7, 11) is 1.57. The number of carbonyl (C=O) groups excluding carboxylic acids is 1. The molecule has 4 heteroatoms. The molecule has 0 aliphatic rings. The summed E-state index contributed by atoms with van der Waals surface area (Å²) in [5, 5.41) is 0. The number of carbonyl (C=O) groups is 1. The van der Waals surface area contributed by atoms with Gasteiger partial charge in [0.25, 0.3) is 0 Å². The Morgan fingerprint density at radius 2 is 1.78 bits per heavy atom. The van der Waals surface area contributed by atoms with Gasteiger partial charge in [-0.25, -0.2) is 4.79 Å². The molecule has 0 heterocycles. The number of benzene rings is 1. The first kappa shape index (κ1) is 14.5. The van der Waals surface area contributed by atoms with Gasteiger partial charge in [-0.3, -0.25) is 0 Å². The van der Waals surface area contributed by atoms with Crippen molar-refractivity contribution in [2.45, 2.75) is 27.1 Å².